The molecule has 0 radical (unpaired) electrons. The molecule has 2 atom stereocenters. The summed E-state index contributed by atoms with van der Waals surface area (Å²) in [6.07, 6.45) is 3.56. The van der Waals surface area contributed by atoms with Crippen molar-refractivity contribution >= 4 is 22.0 Å². The highest BCUT2D eigenvalue weighted by atomic mass is 32.3. The van der Waals surface area contributed by atoms with Crippen molar-refractivity contribution in [3.8, 4) is 0 Å². The van der Waals surface area contributed by atoms with Crippen molar-refractivity contribution in [2.24, 2.45) is 4.99 Å². The van der Waals surface area contributed by atoms with Crippen molar-refractivity contribution in [2.75, 3.05) is 13.1 Å². The van der Waals surface area contributed by atoms with Crippen LogP contribution in [0.25, 0.3) is 0 Å². The molecule has 10 heteroatoms. The fraction of sp³-hybridized carbons (Fsp3) is 0.375. The number of aliphatic imine (C=N–C) groups is 1. The van der Waals surface area contributed by atoms with E-state index in [0.717, 1.165) is 0 Å². The number of hydrogen-bond acceptors (Lipinski definition) is 7. The molecule has 2 aliphatic rings. The summed E-state index contributed by atoms with van der Waals surface area (Å²) < 4.78 is 32.2. The lowest BCUT2D eigenvalue weighted by atomic mass is 10.1. The molecule has 0 bridgehead atoms. The van der Waals surface area contributed by atoms with Gasteiger partial charge in [0, 0.05) is 37.8 Å². The quantitative estimate of drug-likeness (QED) is 0.784. The molecule has 4 rings (SSSR count). The van der Waals surface area contributed by atoms with Gasteiger partial charge < -0.3 is 14.4 Å². The Labute approximate surface area is 150 Å². The van der Waals surface area contributed by atoms with Crippen LogP contribution >= 0.6 is 0 Å². The zero-order valence-corrected chi connectivity index (χ0v) is 15.1. The summed E-state index contributed by atoms with van der Waals surface area (Å²) in [7, 11) is -3.77. The molecule has 1 N–H and O–H groups in total. The van der Waals surface area contributed by atoms with E-state index >= 15 is 0 Å². The third kappa shape index (κ3) is 2.57. The van der Waals surface area contributed by atoms with Crippen LogP contribution in [0.4, 0.5) is 0 Å². The average Bonchev–Trinajstić information content (AvgIpc) is 3.27. The lowest BCUT2D eigenvalue weighted by Gasteiger charge is -2.24. The average molecular weight is 375 g/mol. The third-order valence-corrected chi connectivity index (χ3v) is 6.71. The van der Waals surface area contributed by atoms with Gasteiger partial charge in [0.25, 0.3) is 5.91 Å². The van der Waals surface area contributed by atoms with Crippen molar-refractivity contribution in [1.82, 2.24) is 19.8 Å². The second-order valence-corrected chi connectivity index (χ2v) is 8.30. The van der Waals surface area contributed by atoms with Gasteiger partial charge in [-0.2, -0.15) is 0 Å². The molecular weight excluding hydrogens is 358 g/mol. The van der Waals surface area contributed by atoms with Gasteiger partial charge in [0.15, 0.2) is 21.8 Å². The molecule has 2 unspecified atom stereocenters. The topological polar surface area (TPSA) is 124 Å². The molecule has 0 aromatic carbocycles. The van der Waals surface area contributed by atoms with Crippen molar-refractivity contribution in [3.63, 3.8) is 0 Å². The maximum Gasteiger partial charge on any atom is 0.272 e. The maximum absolute atomic E-state index is 13.0. The summed E-state index contributed by atoms with van der Waals surface area (Å²) in [5.41, 5.74) is 0.326. The van der Waals surface area contributed by atoms with E-state index in [1.54, 1.807) is 38.4 Å². The van der Waals surface area contributed by atoms with Crippen LogP contribution in [0.1, 0.15) is 23.4 Å². The van der Waals surface area contributed by atoms with Crippen molar-refractivity contribution in [3.05, 3.63) is 41.5 Å². The first-order valence-electron chi connectivity index (χ1n) is 8.08. The van der Waals surface area contributed by atoms with Crippen LogP contribution in [0.5, 0.6) is 0 Å². The third-order valence-electron chi connectivity index (χ3n) is 4.62. The minimum Gasteiger partial charge on any atom is -0.593 e. The van der Waals surface area contributed by atoms with Crippen LogP contribution in [-0.2, 0) is 19.4 Å². The summed E-state index contributed by atoms with van der Waals surface area (Å²) in [5.74, 6) is -0.0623. The highest BCUT2D eigenvalue weighted by Crippen LogP contribution is 2.35. The first-order chi connectivity index (χ1) is 12.3. The summed E-state index contributed by atoms with van der Waals surface area (Å²) in [4.78, 5) is 20.9. The van der Waals surface area contributed by atoms with Gasteiger partial charge in [-0.05, 0) is 19.1 Å². The van der Waals surface area contributed by atoms with Gasteiger partial charge in [0.2, 0.25) is 4.90 Å². The predicted molar refractivity (Wildman–Crippen MR) is 90.9 cm³/mol. The molecule has 2 aromatic rings. The molecule has 2 aliphatic heterocycles. The normalized spacial score (nSPS) is 25.3. The SMILES string of the molecule is Cc1noc(C)c1[S+](=O)([O-])N1CCC2(C1)N=C(c1ccncc1)C(=O)N2. The second-order valence-electron chi connectivity index (χ2n) is 6.42. The summed E-state index contributed by atoms with van der Waals surface area (Å²) >= 11 is 0. The molecule has 136 valence electrons. The number of nitrogens with one attached hydrogen (secondary N) is 1. The number of aromatic nitrogens is 2. The standard InChI is InChI=1S/C16H17N5O4S/c1-10-14(11(2)25-20-10)26(23,24)21-8-5-16(9-21)18-13(15(22)19-16)12-3-6-17-7-4-12/h3-4,6-7H,5,8-9H2,1-2H3,(H-,19,22,23,24). The Kier molecular flexibility index (Phi) is 3.79. The number of sulfonamides is 1. The monoisotopic (exact) mass is 375 g/mol. The molecule has 26 heavy (non-hydrogen) atoms. The van der Waals surface area contributed by atoms with E-state index in [1.807, 2.05) is 0 Å². The number of nitrogens with zero attached hydrogens (tertiary/aromatic N) is 4. The van der Waals surface area contributed by atoms with E-state index in [0.29, 0.717) is 23.4 Å². The van der Waals surface area contributed by atoms with Crippen molar-refractivity contribution < 1.29 is 18.1 Å². The van der Waals surface area contributed by atoms with E-state index in [1.165, 1.54) is 4.31 Å². The molecule has 2 aromatic heterocycles. The first kappa shape index (κ1) is 17.0. The minimum atomic E-state index is -3.77. The molecule has 1 spiro atoms. The van der Waals surface area contributed by atoms with E-state index in [-0.39, 0.29) is 29.7 Å². The zero-order valence-electron chi connectivity index (χ0n) is 14.3. The Bertz CT molecular complexity index is 937. The van der Waals surface area contributed by atoms with Gasteiger partial charge in [-0.3, -0.25) is 9.78 Å². The summed E-state index contributed by atoms with van der Waals surface area (Å²) in [6.45, 7) is 3.47. The Morgan fingerprint density at radius 2 is 2.08 bits per heavy atom. The molecule has 0 aliphatic carbocycles. The largest absolute Gasteiger partial charge is 0.593 e. The van der Waals surface area contributed by atoms with Gasteiger partial charge in [-0.1, -0.05) is 9.37 Å². The molecule has 1 saturated heterocycles. The predicted octanol–water partition coefficient (Wildman–Crippen LogP) is 0.611. The molecule has 1 fully saturated rings. The lowest BCUT2D eigenvalue weighted by Crippen LogP contribution is -2.46. The fourth-order valence-electron chi connectivity index (χ4n) is 3.40. The summed E-state index contributed by atoms with van der Waals surface area (Å²) in [6, 6.07) is 3.40. The number of hydrogen-bond donors (Lipinski definition) is 1. The highest BCUT2D eigenvalue weighted by Gasteiger charge is 2.51. The molecular formula is C16H17N5O4S. The van der Waals surface area contributed by atoms with Gasteiger partial charge in [0.05, 0.1) is 6.54 Å². The van der Waals surface area contributed by atoms with Crippen molar-refractivity contribution in [1.29, 1.82) is 0 Å². The van der Waals surface area contributed by atoms with E-state index in [9.17, 15) is 13.6 Å². The molecule has 9 nitrogen and oxygen atoms in total. The van der Waals surface area contributed by atoms with Crippen LogP contribution in [0.3, 0.4) is 0 Å². The Morgan fingerprint density at radius 1 is 1.35 bits per heavy atom. The van der Waals surface area contributed by atoms with Crippen molar-refractivity contribution in [2.45, 2.75) is 30.8 Å². The second kappa shape index (κ2) is 5.79. The van der Waals surface area contributed by atoms with E-state index in [2.05, 4.69) is 20.4 Å². The van der Waals surface area contributed by atoms with Gasteiger partial charge >= 0.3 is 0 Å². The Balaban J connectivity index is 1.64. The van der Waals surface area contributed by atoms with E-state index in [4.69, 9.17) is 4.52 Å². The molecule has 1 amide bonds. The number of carbonyl (C=O) groups is 1. The van der Waals surface area contributed by atoms with Gasteiger partial charge in [0.1, 0.15) is 11.4 Å². The van der Waals surface area contributed by atoms with Crippen LogP contribution in [0.15, 0.2) is 38.9 Å². The number of aryl methyl sites for hydroxylation is 2. The van der Waals surface area contributed by atoms with Crippen LogP contribution in [0, 0.1) is 13.8 Å². The zero-order chi connectivity index (χ0) is 18.5. The smallest absolute Gasteiger partial charge is 0.272 e. The van der Waals surface area contributed by atoms with Crippen LogP contribution in [0.2, 0.25) is 0 Å². The first-order valence-corrected chi connectivity index (χ1v) is 9.52. The van der Waals surface area contributed by atoms with Gasteiger partial charge in [-0.25, -0.2) is 4.99 Å². The Morgan fingerprint density at radius 3 is 2.73 bits per heavy atom. The number of carbonyl (C=O) groups excluding carboxylic acids is 1. The number of pyridine rings is 1. The number of rotatable bonds is 3. The van der Waals surface area contributed by atoms with Crippen LogP contribution in [-0.4, -0.2) is 49.4 Å². The van der Waals surface area contributed by atoms with Crippen LogP contribution < -0.4 is 5.32 Å². The van der Waals surface area contributed by atoms with Gasteiger partial charge in [-0.15, -0.1) is 4.31 Å². The fourth-order valence-corrected chi connectivity index (χ4v) is 5.18. The highest BCUT2D eigenvalue weighted by molar-refractivity contribution is 7.95. The molecule has 0 saturated carbocycles. The summed E-state index contributed by atoms with van der Waals surface area (Å²) in [5, 5.41) is 6.57. The minimum absolute atomic E-state index is 0.0692. The van der Waals surface area contributed by atoms with E-state index < -0.39 is 16.1 Å². The Hall–Kier alpha value is -2.43. The maximum atomic E-state index is 13.0. The number of amides is 1. The molecule has 4 heterocycles. The lowest BCUT2D eigenvalue weighted by molar-refractivity contribution is -0.115.